The van der Waals surface area contributed by atoms with Crippen LogP contribution in [0, 0.1) is 11.3 Å². The number of nitriles is 1. The van der Waals surface area contributed by atoms with Gasteiger partial charge in [-0.15, -0.1) is 0 Å². The molecule has 0 saturated carbocycles. The zero-order chi connectivity index (χ0) is 11.7. The van der Waals surface area contributed by atoms with Crippen LogP contribution in [0.25, 0.3) is 0 Å². The van der Waals surface area contributed by atoms with Gasteiger partial charge in [0.2, 0.25) is 0 Å². The molecule has 1 aromatic carbocycles. The van der Waals surface area contributed by atoms with Gasteiger partial charge < -0.3 is 5.73 Å². The van der Waals surface area contributed by atoms with E-state index in [4.69, 9.17) is 22.6 Å². The maximum atomic E-state index is 11.5. The van der Waals surface area contributed by atoms with Crippen LogP contribution in [0.1, 0.15) is 12.0 Å². The van der Waals surface area contributed by atoms with E-state index in [1.165, 1.54) is 11.1 Å². The average Bonchev–Trinajstić information content (AvgIpc) is 2.59. The average molecular weight is 235 g/mol. The molecular formula is C10H7ClN4O. The van der Waals surface area contributed by atoms with Crippen molar-refractivity contribution < 1.29 is 4.79 Å². The molecule has 2 rings (SSSR count). The summed E-state index contributed by atoms with van der Waals surface area (Å²) in [5, 5.41) is 14.2. The van der Waals surface area contributed by atoms with Crippen LogP contribution in [-0.4, -0.2) is 11.7 Å². The fourth-order valence-corrected chi connectivity index (χ4v) is 1.54. The lowest BCUT2D eigenvalue weighted by Crippen LogP contribution is -2.19. The van der Waals surface area contributed by atoms with Crippen LogP contribution >= 0.6 is 11.6 Å². The number of hydrogen-bond donors (Lipinski definition) is 1. The third-order valence-corrected chi connectivity index (χ3v) is 2.44. The Bertz CT molecular complexity index is 532. The topological polar surface area (TPSA) is 82.5 Å². The molecule has 0 bridgehead atoms. The molecule has 5 nitrogen and oxygen atoms in total. The third kappa shape index (κ3) is 1.71. The number of hydrazone groups is 1. The van der Waals surface area contributed by atoms with Crippen molar-refractivity contribution in [1.82, 2.24) is 0 Å². The minimum atomic E-state index is -0.219. The molecule has 0 atom stereocenters. The van der Waals surface area contributed by atoms with E-state index in [0.29, 0.717) is 16.3 Å². The largest absolute Gasteiger partial charge is 0.385 e. The summed E-state index contributed by atoms with van der Waals surface area (Å²) < 4.78 is 0. The van der Waals surface area contributed by atoms with E-state index in [9.17, 15) is 4.79 Å². The summed E-state index contributed by atoms with van der Waals surface area (Å²) in [6, 6.07) is 6.60. The van der Waals surface area contributed by atoms with Crippen LogP contribution in [0.5, 0.6) is 0 Å². The molecule has 0 spiro atoms. The molecule has 1 aromatic rings. The fourth-order valence-electron chi connectivity index (χ4n) is 1.38. The van der Waals surface area contributed by atoms with E-state index in [1.807, 2.05) is 6.07 Å². The summed E-state index contributed by atoms with van der Waals surface area (Å²) >= 11 is 5.78. The number of nitrogens with zero attached hydrogens (tertiary/aromatic N) is 3. The Balaban J connectivity index is 2.43. The molecule has 1 aliphatic heterocycles. The second-order valence-corrected chi connectivity index (χ2v) is 3.66. The Morgan fingerprint density at radius 3 is 2.88 bits per heavy atom. The van der Waals surface area contributed by atoms with Gasteiger partial charge in [-0.2, -0.15) is 15.4 Å². The maximum Gasteiger partial charge on any atom is 0.255 e. The Kier molecular flexibility index (Phi) is 2.50. The number of anilines is 1. The summed E-state index contributed by atoms with van der Waals surface area (Å²) in [5.41, 5.74) is 6.24. The van der Waals surface area contributed by atoms with Crippen molar-refractivity contribution in [3.8, 4) is 6.07 Å². The van der Waals surface area contributed by atoms with Crippen molar-refractivity contribution in [2.45, 2.75) is 6.42 Å². The molecule has 1 heterocycles. The molecule has 0 radical (unpaired) electrons. The summed E-state index contributed by atoms with van der Waals surface area (Å²) in [4.78, 5) is 11.5. The molecule has 0 aliphatic carbocycles. The van der Waals surface area contributed by atoms with Gasteiger partial charge in [-0.1, -0.05) is 11.6 Å². The summed E-state index contributed by atoms with van der Waals surface area (Å²) in [6.07, 6.45) is 0.102. The SMILES string of the molecule is N#Cc1cc(N2N=C(N)CC2=O)ccc1Cl. The number of amidine groups is 1. The first-order valence-corrected chi connectivity index (χ1v) is 4.85. The molecule has 80 valence electrons. The number of halogens is 1. The molecule has 0 fully saturated rings. The number of benzene rings is 1. The molecule has 2 N–H and O–H groups in total. The summed E-state index contributed by atoms with van der Waals surface area (Å²) in [7, 11) is 0. The molecule has 0 saturated heterocycles. The predicted octanol–water partition coefficient (Wildman–Crippen LogP) is 1.22. The van der Waals surface area contributed by atoms with Gasteiger partial charge in [0.15, 0.2) is 0 Å². The van der Waals surface area contributed by atoms with Crippen molar-refractivity contribution in [2.75, 3.05) is 5.01 Å². The smallest absolute Gasteiger partial charge is 0.255 e. The second kappa shape index (κ2) is 3.83. The summed E-state index contributed by atoms with van der Waals surface area (Å²) in [6.45, 7) is 0. The Morgan fingerprint density at radius 1 is 1.56 bits per heavy atom. The summed E-state index contributed by atoms with van der Waals surface area (Å²) in [5.74, 6) is 0.0437. The standard InChI is InChI=1S/C10H7ClN4O/c11-8-2-1-7(3-6(8)5-12)15-10(16)4-9(13)14-15/h1-3H,4H2,(H2,13,14). The zero-order valence-corrected chi connectivity index (χ0v) is 8.90. The Hall–Kier alpha value is -2.06. The van der Waals surface area contributed by atoms with Crippen LogP contribution in [0.3, 0.4) is 0 Å². The monoisotopic (exact) mass is 234 g/mol. The van der Waals surface area contributed by atoms with Gasteiger partial charge in [0.25, 0.3) is 5.91 Å². The fraction of sp³-hybridized carbons (Fsp3) is 0.100. The molecule has 0 unspecified atom stereocenters. The van der Waals surface area contributed by atoms with Crippen molar-refractivity contribution in [3.05, 3.63) is 28.8 Å². The third-order valence-electron chi connectivity index (χ3n) is 2.11. The number of nitrogens with two attached hydrogens (primary N) is 1. The normalized spacial score (nSPS) is 14.9. The van der Waals surface area contributed by atoms with Crippen molar-refractivity contribution >= 4 is 29.0 Å². The predicted molar refractivity (Wildman–Crippen MR) is 59.9 cm³/mol. The number of amides is 1. The van der Waals surface area contributed by atoms with Crippen LogP contribution in [0.15, 0.2) is 23.3 Å². The van der Waals surface area contributed by atoms with E-state index >= 15 is 0 Å². The molecule has 0 aromatic heterocycles. The molecule has 16 heavy (non-hydrogen) atoms. The second-order valence-electron chi connectivity index (χ2n) is 3.25. The first kappa shape index (κ1) is 10.5. The molecule has 6 heteroatoms. The van der Waals surface area contributed by atoms with Crippen molar-refractivity contribution in [1.29, 1.82) is 5.26 Å². The van der Waals surface area contributed by atoms with Crippen LogP contribution in [-0.2, 0) is 4.79 Å². The van der Waals surface area contributed by atoms with Gasteiger partial charge in [0.1, 0.15) is 11.9 Å². The van der Waals surface area contributed by atoms with Crippen LogP contribution in [0.2, 0.25) is 5.02 Å². The minimum Gasteiger partial charge on any atom is -0.385 e. The zero-order valence-electron chi connectivity index (χ0n) is 8.14. The van der Waals surface area contributed by atoms with Crippen molar-refractivity contribution in [3.63, 3.8) is 0 Å². The molecule has 1 amide bonds. The Morgan fingerprint density at radius 2 is 2.31 bits per heavy atom. The highest BCUT2D eigenvalue weighted by Crippen LogP contribution is 2.25. The van der Waals surface area contributed by atoms with Gasteiger partial charge >= 0.3 is 0 Å². The van der Waals surface area contributed by atoms with Crippen LogP contribution < -0.4 is 10.7 Å². The van der Waals surface area contributed by atoms with E-state index in [1.54, 1.807) is 12.1 Å². The van der Waals surface area contributed by atoms with Gasteiger partial charge in [-0.05, 0) is 18.2 Å². The van der Waals surface area contributed by atoms with E-state index < -0.39 is 0 Å². The Labute approximate surface area is 96.7 Å². The van der Waals surface area contributed by atoms with E-state index in [2.05, 4.69) is 5.10 Å². The quantitative estimate of drug-likeness (QED) is 0.793. The number of rotatable bonds is 1. The van der Waals surface area contributed by atoms with Gasteiger partial charge in [0, 0.05) is 0 Å². The molecule has 1 aliphatic rings. The lowest BCUT2D eigenvalue weighted by atomic mass is 10.2. The number of carbonyl (C=O) groups excluding carboxylic acids is 1. The highest BCUT2D eigenvalue weighted by atomic mass is 35.5. The lowest BCUT2D eigenvalue weighted by molar-refractivity contribution is -0.116. The van der Waals surface area contributed by atoms with Crippen molar-refractivity contribution in [2.24, 2.45) is 10.8 Å². The maximum absolute atomic E-state index is 11.5. The minimum absolute atomic E-state index is 0.102. The number of hydrogen-bond acceptors (Lipinski definition) is 4. The van der Waals surface area contributed by atoms with Gasteiger partial charge in [0.05, 0.1) is 22.7 Å². The highest BCUT2D eigenvalue weighted by Gasteiger charge is 2.23. The van der Waals surface area contributed by atoms with Crippen LogP contribution in [0.4, 0.5) is 5.69 Å². The molecular weight excluding hydrogens is 228 g/mol. The first-order valence-electron chi connectivity index (χ1n) is 4.47. The number of carbonyl (C=O) groups is 1. The van der Waals surface area contributed by atoms with Gasteiger partial charge in [-0.25, -0.2) is 0 Å². The van der Waals surface area contributed by atoms with Gasteiger partial charge in [-0.3, -0.25) is 4.79 Å². The van der Waals surface area contributed by atoms with E-state index in [0.717, 1.165) is 0 Å². The van der Waals surface area contributed by atoms with E-state index in [-0.39, 0.29) is 18.2 Å². The first-order chi connectivity index (χ1) is 7.61. The lowest BCUT2D eigenvalue weighted by Gasteiger charge is -2.11. The highest BCUT2D eigenvalue weighted by molar-refractivity contribution is 6.31.